The Balaban J connectivity index is 1.39. The van der Waals surface area contributed by atoms with Crippen molar-refractivity contribution in [2.45, 2.75) is 31.5 Å². The first-order chi connectivity index (χ1) is 13.1. The summed E-state index contributed by atoms with van der Waals surface area (Å²) < 4.78 is 1.91. The zero-order valence-electron chi connectivity index (χ0n) is 16.0. The molecule has 0 unspecified atom stereocenters. The second-order valence-corrected chi connectivity index (χ2v) is 7.79. The van der Waals surface area contributed by atoms with Gasteiger partial charge in [-0.15, -0.1) is 0 Å². The lowest BCUT2D eigenvalue weighted by Gasteiger charge is -2.39. The Morgan fingerprint density at radius 2 is 1.85 bits per heavy atom. The van der Waals surface area contributed by atoms with E-state index in [0.29, 0.717) is 26.1 Å². The molecule has 0 spiro atoms. The zero-order valence-corrected chi connectivity index (χ0v) is 16.0. The van der Waals surface area contributed by atoms with Gasteiger partial charge >= 0.3 is 0 Å². The van der Waals surface area contributed by atoms with E-state index >= 15 is 0 Å². The number of rotatable bonds is 3. The Morgan fingerprint density at radius 1 is 1.11 bits per heavy atom. The maximum absolute atomic E-state index is 12.9. The van der Waals surface area contributed by atoms with Crippen molar-refractivity contribution < 1.29 is 9.90 Å². The number of carbonyl (C=O) groups is 1. The van der Waals surface area contributed by atoms with E-state index in [9.17, 15) is 9.90 Å². The largest absolute Gasteiger partial charge is 0.391 e. The summed E-state index contributed by atoms with van der Waals surface area (Å²) in [6, 6.07) is 8.03. The van der Waals surface area contributed by atoms with Gasteiger partial charge in [0.2, 0.25) is 5.91 Å². The third kappa shape index (κ3) is 4.00. The predicted octanol–water partition coefficient (Wildman–Crippen LogP) is 0.636. The van der Waals surface area contributed by atoms with Crippen molar-refractivity contribution in [3.8, 4) is 0 Å². The molecule has 2 atom stereocenters. The highest BCUT2D eigenvalue weighted by Crippen LogP contribution is 2.20. The molecule has 1 aromatic carbocycles. The minimum atomic E-state index is -0.361. The number of carbonyl (C=O) groups excluding carboxylic acids is 1. The second kappa shape index (κ2) is 7.96. The van der Waals surface area contributed by atoms with E-state index in [1.54, 1.807) is 6.33 Å². The van der Waals surface area contributed by atoms with Crippen molar-refractivity contribution in [1.82, 2.24) is 24.3 Å². The molecule has 0 saturated carbocycles. The first-order valence-corrected chi connectivity index (χ1v) is 9.90. The zero-order chi connectivity index (χ0) is 18.8. The maximum Gasteiger partial charge on any atom is 0.242 e. The monoisotopic (exact) mass is 371 g/mol. The van der Waals surface area contributed by atoms with Crippen LogP contribution in [0.2, 0.25) is 0 Å². The summed E-state index contributed by atoms with van der Waals surface area (Å²) in [6.45, 7) is 5.70. The van der Waals surface area contributed by atoms with Gasteiger partial charge < -0.3 is 19.5 Å². The van der Waals surface area contributed by atoms with E-state index in [1.165, 1.54) is 0 Å². The van der Waals surface area contributed by atoms with Crippen LogP contribution in [0.25, 0.3) is 11.0 Å². The number of likely N-dealkylation sites (N-methyl/N-ethyl adjacent to an activating group) is 1. The third-order valence-electron chi connectivity index (χ3n) is 6.03. The molecule has 2 aliphatic rings. The van der Waals surface area contributed by atoms with Crippen LogP contribution in [0.3, 0.4) is 0 Å². The second-order valence-electron chi connectivity index (χ2n) is 7.79. The number of amides is 1. The summed E-state index contributed by atoms with van der Waals surface area (Å²) in [6.07, 6.45) is 2.86. The van der Waals surface area contributed by atoms with E-state index in [4.69, 9.17) is 0 Å². The molecule has 2 saturated heterocycles. The fraction of sp³-hybridized carbons (Fsp3) is 0.600. The molecule has 7 nitrogen and oxygen atoms in total. The van der Waals surface area contributed by atoms with Gasteiger partial charge in [-0.3, -0.25) is 9.69 Å². The number of nitrogens with zero attached hydrogens (tertiary/aromatic N) is 5. The lowest BCUT2D eigenvalue weighted by atomic mass is 10.0. The fourth-order valence-corrected chi connectivity index (χ4v) is 4.28. The minimum absolute atomic E-state index is 0.101. The Hall–Kier alpha value is -1.96. The van der Waals surface area contributed by atoms with Crippen molar-refractivity contribution in [2.24, 2.45) is 0 Å². The molecule has 1 N–H and O–H groups in total. The van der Waals surface area contributed by atoms with Gasteiger partial charge in [-0.2, -0.15) is 0 Å². The van der Waals surface area contributed by atoms with Gasteiger partial charge in [0.05, 0.1) is 23.5 Å². The van der Waals surface area contributed by atoms with Crippen LogP contribution in [0.4, 0.5) is 0 Å². The molecule has 2 aromatic rings. The number of aliphatic hydroxyl groups excluding tert-OH is 1. The SMILES string of the molecule is CN1CCN([C@H]2CCN(C(=O)Cn3cnc4ccccc43)CC[C@@H]2O)CC1. The topological polar surface area (TPSA) is 64.8 Å². The summed E-state index contributed by atoms with van der Waals surface area (Å²) in [5, 5.41) is 10.7. The number of benzene rings is 1. The van der Waals surface area contributed by atoms with Crippen molar-refractivity contribution in [3.63, 3.8) is 0 Å². The van der Waals surface area contributed by atoms with Crippen molar-refractivity contribution in [2.75, 3.05) is 46.3 Å². The van der Waals surface area contributed by atoms with E-state index in [0.717, 1.165) is 43.6 Å². The van der Waals surface area contributed by atoms with Gasteiger partial charge in [0.25, 0.3) is 0 Å². The molecule has 7 heteroatoms. The van der Waals surface area contributed by atoms with Gasteiger partial charge in [-0.25, -0.2) is 4.98 Å². The Bertz CT molecular complexity index is 784. The third-order valence-corrected chi connectivity index (χ3v) is 6.03. The number of piperazine rings is 1. The van der Waals surface area contributed by atoms with Crippen LogP contribution in [0.15, 0.2) is 30.6 Å². The number of aromatic nitrogens is 2. The lowest BCUT2D eigenvalue weighted by molar-refractivity contribution is -0.131. The molecular formula is C20H29N5O2. The van der Waals surface area contributed by atoms with Crippen LogP contribution in [-0.2, 0) is 11.3 Å². The summed E-state index contributed by atoms with van der Waals surface area (Å²) in [4.78, 5) is 23.9. The van der Waals surface area contributed by atoms with E-state index in [2.05, 4.69) is 21.8 Å². The lowest BCUT2D eigenvalue weighted by Crippen LogP contribution is -2.52. The average molecular weight is 371 g/mol. The number of hydrogen-bond acceptors (Lipinski definition) is 5. The Labute approximate surface area is 160 Å². The summed E-state index contributed by atoms with van der Waals surface area (Å²) >= 11 is 0. The Kier molecular flexibility index (Phi) is 5.43. The number of fused-ring (bicyclic) bond motifs is 1. The van der Waals surface area contributed by atoms with Gasteiger partial charge in [0.1, 0.15) is 6.54 Å². The van der Waals surface area contributed by atoms with E-state index in [1.807, 2.05) is 33.7 Å². The first kappa shape index (κ1) is 18.4. The van der Waals surface area contributed by atoms with Crippen molar-refractivity contribution in [3.05, 3.63) is 30.6 Å². The van der Waals surface area contributed by atoms with Crippen LogP contribution in [-0.4, -0.2) is 93.7 Å². The predicted molar refractivity (Wildman–Crippen MR) is 104 cm³/mol. The van der Waals surface area contributed by atoms with Crippen LogP contribution in [0.5, 0.6) is 0 Å². The minimum Gasteiger partial charge on any atom is -0.391 e. The molecule has 146 valence electrons. The number of hydrogen-bond donors (Lipinski definition) is 1. The molecule has 1 amide bonds. The van der Waals surface area contributed by atoms with E-state index < -0.39 is 0 Å². The molecule has 2 aliphatic heterocycles. The van der Waals surface area contributed by atoms with Crippen LogP contribution in [0, 0.1) is 0 Å². The van der Waals surface area contributed by atoms with E-state index in [-0.39, 0.29) is 18.1 Å². The molecular weight excluding hydrogens is 342 g/mol. The maximum atomic E-state index is 12.9. The standard InChI is InChI=1S/C20H29N5O2/c1-22-10-12-23(13-11-22)18-6-8-24(9-7-19(18)26)20(27)14-25-15-21-16-4-2-3-5-17(16)25/h2-5,15,18-19,26H,6-14H2,1H3/t18-,19-/m0/s1. The molecule has 4 rings (SSSR count). The van der Waals surface area contributed by atoms with Gasteiger partial charge in [-0.1, -0.05) is 12.1 Å². The summed E-state index contributed by atoms with van der Waals surface area (Å²) in [5.41, 5.74) is 1.89. The molecule has 0 aliphatic carbocycles. The van der Waals surface area contributed by atoms with Crippen molar-refractivity contribution >= 4 is 16.9 Å². The number of likely N-dealkylation sites (tertiary alicyclic amines) is 1. The molecule has 27 heavy (non-hydrogen) atoms. The molecule has 3 heterocycles. The first-order valence-electron chi connectivity index (χ1n) is 9.90. The normalized spacial score (nSPS) is 25.6. The average Bonchev–Trinajstić information content (AvgIpc) is 2.97. The summed E-state index contributed by atoms with van der Waals surface area (Å²) in [5.74, 6) is 0.101. The van der Waals surface area contributed by atoms with Gasteiger partial charge in [0.15, 0.2) is 0 Å². The summed E-state index contributed by atoms with van der Waals surface area (Å²) in [7, 11) is 2.14. The quantitative estimate of drug-likeness (QED) is 0.858. The molecule has 1 aromatic heterocycles. The van der Waals surface area contributed by atoms with Gasteiger partial charge in [0, 0.05) is 45.3 Å². The van der Waals surface area contributed by atoms with Gasteiger partial charge in [-0.05, 0) is 32.0 Å². The molecule has 0 radical (unpaired) electrons. The highest BCUT2D eigenvalue weighted by atomic mass is 16.3. The highest BCUT2D eigenvalue weighted by molar-refractivity contribution is 5.80. The smallest absolute Gasteiger partial charge is 0.242 e. The van der Waals surface area contributed by atoms with Crippen LogP contribution in [0.1, 0.15) is 12.8 Å². The van der Waals surface area contributed by atoms with Crippen LogP contribution < -0.4 is 0 Å². The molecule has 0 bridgehead atoms. The molecule has 2 fully saturated rings. The number of aliphatic hydroxyl groups is 1. The van der Waals surface area contributed by atoms with Crippen molar-refractivity contribution in [1.29, 1.82) is 0 Å². The number of imidazole rings is 1. The highest BCUT2D eigenvalue weighted by Gasteiger charge is 2.32. The Morgan fingerprint density at radius 3 is 2.67 bits per heavy atom. The van der Waals surface area contributed by atoms with Crippen LogP contribution >= 0.6 is 0 Å². The number of para-hydroxylation sites is 2. The fourth-order valence-electron chi connectivity index (χ4n) is 4.28.